The first-order valence-electron chi connectivity index (χ1n) is 9.28. The van der Waals surface area contributed by atoms with Gasteiger partial charge in [0.25, 0.3) is 0 Å². The van der Waals surface area contributed by atoms with Crippen molar-refractivity contribution in [2.75, 3.05) is 0 Å². The Bertz CT molecular complexity index is 1010. The Balaban J connectivity index is 1.51. The van der Waals surface area contributed by atoms with Crippen LogP contribution in [0.4, 0.5) is 0 Å². The van der Waals surface area contributed by atoms with Crippen LogP contribution in [0, 0.1) is 0 Å². The molecule has 1 aliphatic rings. The Labute approximate surface area is 165 Å². The number of carbonyl (C=O) groups excluding carboxylic acids is 1. The van der Waals surface area contributed by atoms with Crippen LogP contribution in [0.2, 0.25) is 0 Å². The summed E-state index contributed by atoms with van der Waals surface area (Å²) in [5, 5.41) is 0. The molecular formula is C24H21BO3. The third-order valence-corrected chi connectivity index (χ3v) is 5.02. The van der Waals surface area contributed by atoms with Crippen LogP contribution in [-0.2, 0) is 9.31 Å². The Morgan fingerprint density at radius 2 is 1.36 bits per heavy atom. The van der Waals surface area contributed by atoms with Crippen molar-refractivity contribution in [3.8, 4) is 11.1 Å². The van der Waals surface area contributed by atoms with Crippen molar-refractivity contribution >= 4 is 18.4 Å². The molecule has 3 nitrogen and oxygen atoms in total. The number of carbonyl (C=O) groups is 1. The fraction of sp³-hybridized carbons (Fsp3) is 0.125. The quantitative estimate of drug-likeness (QED) is 0.498. The van der Waals surface area contributed by atoms with Crippen molar-refractivity contribution in [1.29, 1.82) is 0 Å². The number of benzene rings is 3. The SMILES string of the molecule is C=C1OB(c2ccc(-c3ccc(C(=O)c4ccccc4)cc3)cc2)OC1(C)C. The third kappa shape index (κ3) is 3.51. The predicted molar refractivity (Wildman–Crippen MR) is 113 cm³/mol. The van der Waals surface area contributed by atoms with Crippen LogP contribution in [-0.4, -0.2) is 18.5 Å². The highest BCUT2D eigenvalue weighted by Gasteiger charge is 2.42. The molecule has 3 aromatic rings. The van der Waals surface area contributed by atoms with E-state index >= 15 is 0 Å². The predicted octanol–water partition coefficient (Wildman–Crippen LogP) is 4.62. The fourth-order valence-corrected chi connectivity index (χ4v) is 3.17. The first-order chi connectivity index (χ1) is 13.4. The van der Waals surface area contributed by atoms with Gasteiger partial charge < -0.3 is 9.31 Å². The molecule has 0 radical (unpaired) electrons. The average molecular weight is 368 g/mol. The van der Waals surface area contributed by atoms with Gasteiger partial charge in [0.2, 0.25) is 0 Å². The maximum Gasteiger partial charge on any atom is 0.563 e. The van der Waals surface area contributed by atoms with Crippen molar-refractivity contribution in [2.45, 2.75) is 19.4 Å². The van der Waals surface area contributed by atoms with Gasteiger partial charge >= 0.3 is 7.12 Å². The van der Waals surface area contributed by atoms with E-state index in [4.69, 9.17) is 9.31 Å². The Morgan fingerprint density at radius 3 is 1.89 bits per heavy atom. The van der Waals surface area contributed by atoms with Crippen LogP contribution in [0.1, 0.15) is 29.8 Å². The van der Waals surface area contributed by atoms with E-state index in [9.17, 15) is 4.79 Å². The molecule has 0 amide bonds. The molecule has 1 aliphatic heterocycles. The molecule has 0 aromatic heterocycles. The van der Waals surface area contributed by atoms with Gasteiger partial charge in [-0.3, -0.25) is 4.79 Å². The van der Waals surface area contributed by atoms with Crippen molar-refractivity contribution in [3.63, 3.8) is 0 Å². The van der Waals surface area contributed by atoms with Gasteiger partial charge in [0.05, 0.1) is 5.76 Å². The molecule has 1 fully saturated rings. The molecule has 4 heteroatoms. The molecule has 0 spiro atoms. The monoisotopic (exact) mass is 368 g/mol. The van der Waals surface area contributed by atoms with Crippen LogP contribution in [0.15, 0.2) is 91.2 Å². The zero-order chi connectivity index (χ0) is 19.7. The highest BCUT2D eigenvalue weighted by Crippen LogP contribution is 2.29. The van der Waals surface area contributed by atoms with E-state index < -0.39 is 12.7 Å². The third-order valence-electron chi connectivity index (χ3n) is 5.02. The molecule has 3 aromatic carbocycles. The highest BCUT2D eigenvalue weighted by atomic mass is 16.7. The van der Waals surface area contributed by atoms with Gasteiger partial charge in [-0.1, -0.05) is 85.4 Å². The number of hydrogen-bond donors (Lipinski definition) is 0. The summed E-state index contributed by atoms with van der Waals surface area (Å²) in [7, 11) is -0.428. The number of ketones is 1. The zero-order valence-corrected chi connectivity index (χ0v) is 16.0. The van der Waals surface area contributed by atoms with Crippen LogP contribution < -0.4 is 5.46 Å². The van der Waals surface area contributed by atoms with E-state index in [1.165, 1.54) is 0 Å². The maximum absolute atomic E-state index is 12.5. The van der Waals surface area contributed by atoms with Gasteiger partial charge in [0.15, 0.2) is 5.78 Å². The van der Waals surface area contributed by atoms with E-state index in [1.54, 1.807) is 0 Å². The second kappa shape index (κ2) is 7.14. The topological polar surface area (TPSA) is 35.5 Å². The van der Waals surface area contributed by atoms with Crippen molar-refractivity contribution in [1.82, 2.24) is 0 Å². The first kappa shape index (κ1) is 18.3. The molecule has 0 unspecified atom stereocenters. The molecule has 138 valence electrons. The lowest BCUT2D eigenvalue weighted by Gasteiger charge is -2.15. The molecule has 1 saturated heterocycles. The highest BCUT2D eigenvalue weighted by molar-refractivity contribution is 6.62. The number of rotatable bonds is 4. The van der Waals surface area contributed by atoms with Crippen molar-refractivity contribution < 1.29 is 14.1 Å². The molecule has 0 aliphatic carbocycles. The van der Waals surface area contributed by atoms with Gasteiger partial charge in [-0.15, -0.1) is 0 Å². The lowest BCUT2D eigenvalue weighted by atomic mass is 9.78. The van der Waals surface area contributed by atoms with E-state index in [0.717, 1.165) is 16.6 Å². The molecule has 4 rings (SSSR count). The van der Waals surface area contributed by atoms with Gasteiger partial charge in [-0.05, 0) is 30.4 Å². The fourth-order valence-electron chi connectivity index (χ4n) is 3.17. The summed E-state index contributed by atoms with van der Waals surface area (Å²) in [6.45, 7) is 7.81. The van der Waals surface area contributed by atoms with Gasteiger partial charge in [-0.25, -0.2) is 0 Å². The van der Waals surface area contributed by atoms with Crippen LogP contribution in [0.5, 0.6) is 0 Å². The van der Waals surface area contributed by atoms with E-state index in [2.05, 4.69) is 6.58 Å². The van der Waals surface area contributed by atoms with E-state index in [-0.39, 0.29) is 5.78 Å². The van der Waals surface area contributed by atoms with Gasteiger partial charge in [0, 0.05) is 11.1 Å². The van der Waals surface area contributed by atoms with Gasteiger partial charge in [0.1, 0.15) is 5.60 Å². The lowest BCUT2D eigenvalue weighted by Crippen LogP contribution is -2.34. The summed E-state index contributed by atoms with van der Waals surface area (Å²) in [4.78, 5) is 12.5. The molecule has 1 heterocycles. The first-order valence-corrected chi connectivity index (χ1v) is 9.28. The summed E-state index contributed by atoms with van der Waals surface area (Å²) in [5.74, 6) is 0.668. The van der Waals surface area contributed by atoms with Crippen molar-refractivity contribution in [3.05, 3.63) is 102 Å². The lowest BCUT2D eigenvalue weighted by molar-refractivity contribution is 0.103. The average Bonchev–Trinajstić information content (AvgIpc) is 3.01. The summed E-state index contributed by atoms with van der Waals surface area (Å²) < 4.78 is 11.7. The van der Waals surface area contributed by atoms with Gasteiger partial charge in [-0.2, -0.15) is 0 Å². The molecule has 0 atom stereocenters. The molecule has 28 heavy (non-hydrogen) atoms. The standard InChI is InChI=1S/C24H21BO3/c1-17-24(2,3)28-25(27-17)22-15-13-19(14-16-22)18-9-11-21(12-10-18)23(26)20-7-5-4-6-8-20/h4-16H,1H2,2-3H3. The van der Waals surface area contributed by atoms with E-state index in [0.29, 0.717) is 16.9 Å². The normalized spacial score (nSPS) is 15.4. The zero-order valence-electron chi connectivity index (χ0n) is 16.0. The molecular weight excluding hydrogens is 347 g/mol. The minimum absolute atomic E-state index is 0.0286. The largest absolute Gasteiger partial charge is 0.563 e. The second-order valence-corrected chi connectivity index (χ2v) is 7.40. The second-order valence-electron chi connectivity index (χ2n) is 7.40. The Kier molecular flexibility index (Phi) is 4.66. The minimum atomic E-state index is -0.482. The molecule has 0 saturated carbocycles. The van der Waals surface area contributed by atoms with Crippen LogP contribution >= 0.6 is 0 Å². The number of hydrogen-bond acceptors (Lipinski definition) is 3. The Morgan fingerprint density at radius 1 is 0.821 bits per heavy atom. The van der Waals surface area contributed by atoms with Crippen LogP contribution in [0.3, 0.4) is 0 Å². The van der Waals surface area contributed by atoms with E-state index in [1.807, 2.05) is 92.7 Å². The molecule has 0 N–H and O–H groups in total. The summed E-state index contributed by atoms with van der Waals surface area (Å²) in [5.41, 5.74) is 3.96. The van der Waals surface area contributed by atoms with Crippen molar-refractivity contribution in [2.24, 2.45) is 0 Å². The Hall–Kier alpha value is -3.11. The van der Waals surface area contributed by atoms with Crippen LogP contribution in [0.25, 0.3) is 11.1 Å². The summed E-state index contributed by atoms with van der Waals surface area (Å²) in [6, 6.07) is 25.1. The summed E-state index contributed by atoms with van der Waals surface area (Å²) in [6.07, 6.45) is 0. The maximum atomic E-state index is 12.5. The smallest absolute Gasteiger partial charge is 0.534 e. The molecule has 0 bridgehead atoms. The summed E-state index contributed by atoms with van der Waals surface area (Å²) >= 11 is 0. The minimum Gasteiger partial charge on any atom is -0.534 e.